The van der Waals surface area contributed by atoms with Crippen molar-refractivity contribution in [1.82, 2.24) is 0 Å². The van der Waals surface area contributed by atoms with E-state index in [1.807, 2.05) is 83.6 Å². The number of fused-ring (bicyclic) bond motifs is 1. The standard InChI is InChI=1S/C24H18NO/c26-24(21-12-5-2-6-13-21)17-23(20-10-3-1-4-11-20)25-16-15-19-9-7-8-14-22(19)18-25/h1-18H/q+1/b23-17+. The quantitative estimate of drug-likeness (QED) is 0.295. The zero-order valence-electron chi connectivity index (χ0n) is 14.2. The first-order valence-corrected chi connectivity index (χ1v) is 8.58. The van der Waals surface area contributed by atoms with Crippen molar-refractivity contribution in [3.05, 3.63) is 121 Å². The van der Waals surface area contributed by atoms with Gasteiger partial charge in [0.25, 0.3) is 0 Å². The minimum atomic E-state index is -0.00916. The molecule has 0 atom stereocenters. The van der Waals surface area contributed by atoms with Crippen molar-refractivity contribution in [3.63, 3.8) is 0 Å². The van der Waals surface area contributed by atoms with E-state index in [0.717, 1.165) is 16.6 Å². The summed E-state index contributed by atoms with van der Waals surface area (Å²) < 4.78 is 2.01. The molecule has 1 aromatic heterocycles. The van der Waals surface area contributed by atoms with Gasteiger partial charge in [0.2, 0.25) is 5.70 Å². The Kier molecular flexibility index (Phi) is 4.40. The van der Waals surface area contributed by atoms with Gasteiger partial charge in [-0.3, -0.25) is 4.79 Å². The maximum atomic E-state index is 12.8. The van der Waals surface area contributed by atoms with Crippen molar-refractivity contribution in [3.8, 4) is 0 Å². The molecule has 0 radical (unpaired) electrons. The van der Waals surface area contributed by atoms with Crippen molar-refractivity contribution < 1.29 is 9.36 Å². The highest BCUT2D eigenvalue weighted by Crippen LogP contribution is 2.16. The van der Waals surface area contributed by atoms with Gasteiger partial charge in [-0.25, -0.2) is 0 Å². The Morgan fingerprint density at radius 3 is 1.92 bits per heavy atom. The number of ketones is 1. The molecule has 0 N–H and O–H groups in total. The predicted molar refractivity (Wildman–Crippen MR) is 105 cm³/mol. The smallest absolute Gasteiger partial charge is 0.221 e. The summed E-state index contributed by atoms with van der Waals surface area (Å²) in [7, 11) is 0. The summed E-state index contributed by atoms with van der Waals surface area (Å²) in [6.07, 6.45) is 5.77. The Morgan fingerprint density at radius 2 is 1.23 bits per heavy atom. The van der Waals surface area contributed by atoms with Crippen molar-refractivity contribution >= 4 is 22.3 Å². The Bertz CT molecular complexity index is 1080. The molecule has 0 spiro atoms. The van der Waals surface area contributed by atoms with Gasteiger partial charge < -0.3 is 0 Å². The molecule has 0 unspecified atom stereocenters. The lowest BCUT2D eigenvalue weighted by atomic mass is 10.1. The number of carbonyl (C=O) groups is 1. The van der Waals surface area contributed by atoms with Crippen LogP contribution in [0.1, 0.15) is 15.9 Å². The lowest BCUT2D eigenvalue weighted by Crippen LogP contribution is -2.32. The molecule has 0 aliphatic carbocycles. The van der Waals surface area contributed by atoms with E-state index in [9.17, 15) is 4.79 Å². The highest BCUT2D eigenvalue weighted by atomic mass is 16.1. The third kappa shape index (κ3) is 3.31. The number of pyridine rings is 1. The molecule has 0 bridgehead atoms. The highest BCUT2D eigenvalue weighted by Gasteiger charge is 2.16. The molecule has 2 heteroatoms. The van der Waals surface area contributed by atoms with Crippen LogP contribution < -0.4 is 4.57 Å². The Morgan fingerprint density at radius 1 is 0.654 bits per heavy atom. The van der Waals surface area contributed by atoms with E-state index in [0.29, 0.717) is 5.56 Å². The number of carbonyl (C=O) groups excluding carboxylic acids is 1. The summed E-state index contributed by atoms with van der Waals surface area (Å²) in [5.74, 6) is -0.00916. The molecule has 124 valence electrons. The molecule has 0 saturated heterocycles. The van der Waals surface area contributed by atoms with Crippen LogP contribution in [-0.2, 0) is 0 Å². The van der Waals surface area contributed by atoms with E-state index in [2.05, 4.69) is 24.4 Å². The largest absolute Gasteiger partial charge is 0.289 e. The van der Waals surface area contributed by atoms with Gasteiger partial charge in [-0.15, -0.1) is 0 Å². The molecule has 4 rings (SSSR count). The summed E-state index contributed by atoms with van der Waals surface area (Å²) in [6, 6.07) is 29.6. The van der Waals surface area contributed by atoms with E-state index in [1.54, 1.807) is 6.08 Å². The van der Waals surface area contributed by atoms with Crippen molar-refractivity contribution in [2.75, 3.05) is 0 Å². The molecule has 0 saturated carbocycles. The first-order chi connectivity index (χ1) is 12.8. The Labute approximate surface area is 152 Å². The molecule has 0 amide bonds. The summed E-state index contributed by atoms with van der Waals surface area (Å²) in [5.41, 5.74) is 2.53. The van der Waals surface area contributed by atoms with Gasteiger partial charge in [-0.1, -0.05) is 66.7 Å². The fourth-order valence-corrected chi connectivity index (χ4v) is 3.01. The van der Waals surface area contributed by atoms with Gasteiger partial charge in [0.05, 0.1) is 6.08 Å². The van der Waals surface area contributed by atoms with Crippen molar-refractivity contribution in [1.29, 1.82) is 0 Å². The van der Waals surface area contributed by atoms with Crippen LogP contribution in [0.25, 0.3) is 16.5 Å². The molecular formula is C24H18NO+. The number of allylic oxidation sites excluding steroid dienone is 1. The van der Waals surface area contributed by atoms with E-state index in [-0.39, 0.29) is 5.78 Å². The Balaban J connectivity index is 1.85. The second kappa shape index (κ2) is 7.16. The van der Waals surface area contributed by atoms with Crippen LogP contribution in [0.15, 0.2) is 109 Å². The van der Waals surface area contributed by atoms with Crippen LogP contribution in [0.4, 0.5) is 0 Å². The van der Waals surface area contributed by atoms with Gasteiger partial charge in [0, 0.05) is 22.6 Å². The minimum absolute atomic E-state index is 0.00916. The van der Waals surface area contributed by atoms with Crippen LogP contribution in [0.2, 0.25) is 0 Å². The zero-order chi connectivity index (χ0) is 17.8. The zero-order valence-corrected chi connectivity index (χ0v) is 14.2. The number of nitrogens with zero attached hydrogens (tertiary/aromatic N) is 1. The normalized spacial score (nSPS) is 11.5. The van der Waals surface area contributed by atoms with Crippen molar-refractivity contribution in [2.24, 2.45) is 0 Å². The average molecular weight is 336 g/mol. The van der Waals surface area contributed by atoms with Crippen molar-refractivity contribution in [2.45, 2.75) is 0 Å². The topological polar surface area (TPSA) is 20.9 Å². The van der Waals surface area contributed by atoms with E-state index < -0.39 is 0 Å². The number of hydrogen-bond donors (Lipinski definition) is 0. The molecule has 4 aromatic rings. The third-order valence-corrected chi connectivity index (χ3v) is 4.36. The lowest BCUT2D eigenvalue weighted by molar-refractivity contribution is -0.577. The monoisotopic (exact) mass is 336 g/mol. The van der Waals surface area contributed by atoms with Gasteiger partial charge in [0.15, 0.2) is 18.2 Å². The number of hydrogen-bond acceptors (Lipinski definition) is 1. The van der Waals surface area contributed by atoms with E-state index >= 15 is 0 Å². The molecule has 1 heterocycles. The third-order valence-electron chi connectivity index (χ3n) is 4.36. The maximum absolute atomic E-state index is 12.8. The first-order valence-electron chi connectivity index (χ1n) is 8.58. The van der Waals surface area contributed by atoms with Gasteiger partial charge in [-0.05, 0) is 23.6 Å². The minimum Gasteiger partial charge on any atom is -0.289 e. The van der Waals surface area contributed by atoms with Crippen LogP contribution in [0, 0.1) is 0 Å². The highest BCUT2D eigenvalue weighted by molar-refractivity contribution is 6.07. The van der Waals surface area contributed by atoms with E-state index in [1.165, 1.54) is 5.39 Å². The second-order valence-electron chi connectivity index (χ2n) is 6.11. The fourth-order valence-electron chi connectivity index (χ4n) is 3.01. The predicted octanol–water partition coefficient (Wildman–Crippen LogP) is 4.90. The Hall–Kier alpha value is -3.52. The van der Waals surface area contributed by atoms with Crippen LogP contribution in [0.5, 0.6) is 0 Å². The van der Waals surface area contributed by atoms with Gasteiger partial charge >= 0.3 is 0 Å². The SMILES string of the molecule is O=C(/C=C(\c1ccccc1)[n+]1ccc2ccccc2c1)c1ccccc1. The molecule has 26 heavy (non-hydrogen) atoms. The summed E-state index contributed by atoms with van der Waals surface area (Å²) >= 11 is 0. The molecule has 0 aliphatic rings. The van der Waals surface area contributed by atoms with Crippen LogP contribution in [-0.4, -0.2) is 5.78 Å². The van der Waals surface area contributed by atoms with E-state index in [4.69, 9.17) is 0 Å². The van der Waals surface area contributed by atoms with Gasteiger partial charge in [-0.2, -0.15) is 4.57 Å². The molecule has 2 nitrogen and oxygen atoms in total. The molecule has 3 aromatic carbocycles. The van der Waals surface area contributed by atoms with Crippen LogP contribution >= 0.6 is 0 Å². The average Bonchev–Trinajstić information content (AvgIpc) is 2.73. The molecule has 0 fully saturated rings. The molecule has 0 aliphatic heterocycles. The first kappa shape index (κ1) is 16.0. The number of rotatable bonds is 4. The second-order valence-corrected chi connectivity index (χ2v) is 6.11. The maximum Gasteiger partial charge on any atom is 0.221 e. The molecular weight excluding hydrogens is 318 g/mol. The lowest BCUT2D eigenvalue weighted by Gasteiger charge is -2.04. The summed E-state index contributed by atoms with van der Waals surface area (Å²) in [6.45, 7) is 0. The fraction of sp³-hybridized carbons (Fsp3) is 0. The van der Waals surface area contributed by atoms with Gasteiger partial charge in [0.1, 0.15) is 0 Å². The number of benzene rings is 3. The number of aromatic nitrogens is 1. The summed E-state index contributed by atoms with van der Waals surface area (Å²) in [4.78, 5) is 12.8. The summed E-state index contributed by atoms with van der Waals surface area (Å²) in [5, 5.41) is 2.30. The van der Waals surface area contributed by atoms with Crippen LogP contribution in [0.3, 0.4) is 0 Å².